The van der Waals surface area contributed by atoms with E-state index in [0.717, 1.165) is 22.4 Å². The van der Waals surface area contributed by atoms with Gasteiger partial charge in [-0.1, -0.05) is 24.3 Å². The first kappa shape index (κ1) is 33.9. The van der Waals surface area contributed by atoms with Crippen LogP contribution in [0.25, 0.3) is 11.1 Å². The van der Waals surface area contributed by atoms with Crippen LogP contribution in [0.15, 0.2) is 72.2 Å². The van der Waals surface area contributed by atoms with Gasteiger partial charge in [0.25, 0.3) is 11.8 Å². The number of nitrogens with one attached hydrogen (secondary N) is 1. The molecule has 1 unspecified atom stereocenters. The molecule has 0 spiro atoms. The van der Waals surface area contributed by atoms with E-state index in [1.165, 1.54) is 41.5 Å². The van der Waals surface area contributed by atoms with E-state index < -0.39 is 23.4 Å². The average molecular weight is 688 g/mol. The normalized spacial score (nSPS) is 15.2. The summed E-state index contributed by atoms with van der Waals surface area (Å²) in [6.07, 6.45) is 1.26. The van der Waals surface area contributed by atoms with Crippen LogP contribution < -0.4 is 15.0 Å². The SMILES string of the molecule is COCOc1ccc(F)cc1C(C(=O)Nc1nccs1)N1Cc2ccc(-c3ccc(N4CCN(C(=O)OC(C)(C)C)CC4)cc3)cc2C1=O. The highest BCUT2D eigenvalue weighted by Crippen LogP contribution is 2.38. The van der Waals surface area contributed by atoms with Crippen molar-refractivity contribution < 1.29 is 33.0 Å². The van der Waals surface area contributed by atoms with Crippen LogP contribution in [0.5, 0.6) is 5.75 Å². The minimum atomic E-state index is -1.22. The van der Waals surface area contributed by atoms with Gasteiger partial charge in [0.2, 0.25) is 0 Å². The lowest BCUT2D eigenvalue weighted by Gasteiger charge is -2.36. The highest BCUT2D eigenvalue weighted by Gasteiger charge is 2.39. The second kappa shape index (κ2) is 14.2. The highest BCUT2D eigenvalue weighted by molar-refractivity contribution is 7.13. The lowest BCUT2D eigenvalue weighted by molar-refractivity contribution is -0.121. The molecular formula is C36H38FN5O6S. The zero-order valence-electron chi connectivity index (χ0n) is 27.8. The van der Waals surface area contributed by atoms with Crippen molar-refractivity contribution in [2.24, 2.45) is 0 Å². The Hall–Kier alpha value is -5.01. The van der Waals surface area contributed by atoms with Crippen molar-refractivity contribution in [1.29, 1.82) is 0 Å². The minimum absolute atomic E-state index is 0.127. The fourth-order valence-corrected chi connectivity index (χ4v) is 6.48. The first-order valence-electron chi connectivity index (χ1n) is 15.9. The van der Waals surface area contributed by atoms with E-state index in [4.69, 9.17) is 14.2 Å². The molecule has 2 aliphatic heterocycles. The number of piperazine rings is 1. The Morgan fingerprint density at radius 1 is 1.00 bits per heavy atom. The second-order valence-corrected chi connectivity index (χ2v) is 13.7. The lowest BCUT2D eigenvalue weighted by atomic mass is 10.00. The number of anilines is 2. The number of fused-ring (bicyclic) bond motifs is 1. The van der Waals surface area contributed by atoms with E-state index in [1.807, 2.05) is 63.2 Å². The third-order valence-electron chi connectivity index (χ3n) is 8.26. The molecule has 11 nitrogen and oxygen atoms in total. The van der Waals surface area contributed by atoms with Crippen molar-refractivity contribution in [2.75, 3.05) is 50.3 Å². The van der Waals surface area contributed by atoms with Crippen LogP contribution in [0.4, 0.5) is 20.0 Å². The molecule has 3 amide bonds. The maximum Gasteiger partial charge on any atom is 0.410 e. The van der Waals surface area contributed by atoms with E-state index in [9.17, 15) is 18.8 Å². The summed E-state index contributed by atoms with van der Waals surface area (Å²) in [5.74, 6) is -1.27. The Morgan fingerprint density at radius 3 is 2.41 bits per heavy atom. The molecule has 0 aliphatic carbocycles. The van der Waals surface area contributed by atoms with E-state index in [2.05, 4.69) is 15.2 Å². The molecule has 6 rings (SSSR count). The van der Waals surface area contributed by atoms with Crippen LogP contribution in [-0.2, 0) is 20.8 Å². The summed E-state index contributed by atoms with van der Waals surface area (Å²) in [7, 11) is 1.46. The molecular weight excluding hydrogens is 649 g/mol. The molecule has 3 aromatic carbocycles. The Labute approximate surface area is 288 Å². The summed E-state index contributed by atoms with van der Waals surface area (Å²) in [4.78, 5) is 49.9. The molecule has 0 bridgehead atoms. The number of methoxy groups -OCH3 is 1. The molecule has 0 radical (unpaired) electrons. The van der Waals surface area contributed by atoms with Crippen molar-refractivity contribution in [3.8, 4) is 16.9 Å². The van der Waals surface area contributed by atoms with Gasteiger partial charge < -0.3 is 28.9 Å². The van der Waals surface area contributed by atoms with Gasteiger partial charge in [0, 0.05) is 68.2 Å². The predicted octanol–water partition coefficient (Wildman–Crippen LogP) is 6.32. The topological polar surface area (TPSA) is 114 Å². The van der Waals surface area contributed by atoms with Crippen LogP contribution in [0.3, 0.4) is 0 Å². The zero-order chi connectivity index (χ0) is 34.7. The van der Waals surface area contributed by atoms with Gasteiger partial charge >= 0.3 is 6.09 Å². The molecule has 1 fully saturated rings. The summed E-state index contributed by atoms with van der Waals surface area (Å²) < 4.78 is 30.9. The number of halogens is 1. The molecule has 2 aliphatic rings. The van der Waals surface area contributed by atoms with Gasteiger partial charge in [-0.3, -0.25) is 14.9 Å². The zero-order valence-corrected chi connectivity index (χ0v) is 28.6. The van der Waals surface area contributed by atoms with Crippen LogP contribution in [-0.4, -0.2) is 78.4 Å². The number of aromatic nitrogens is 1. The van der Waals surface area contributed by atoms with Crippen LogP contribution in [0.1, 0.15) is 48.3 Å². The van der Waals surface area contributed by atoms with Crippen molar-refractivity contribution in [3.63, 3.8) is 0 Å². The fraction of sp³-hybridized carbons (Fsp3) is 0.333. The number of amides is 3. The van der Waals surface area contributed by atoms with Gasteiger partial charge in [-0.15, -0.1) is 11.3 Å². The van der Waals surface area contributed by atoms with Gasteiger partial charge in [-0.25, -0.2) is 14.2 Å². The Balaban J connectivity index is 1.21. The fourth-order valence-electron chi connectivity index (χ4n) is 5.95. The molecule has 0 saturated carbocycles. The van der Waals surface area contributed by atoms with Crippen LogP contribution in [0.2, 0.25) is 0 Å². The second-order valence-electron chi connectivity index (χ2n) is 12.8. The van der Waals surface area contributed by atoms with Crippen molar-refractivity contribution in [3.05, 3.63) is 94.7 Å². The Bertz CT molecular complexity index is 1820. The Morgan fingerprint density at radius 2 is 1.73 bits per heavy atom. The smallest absolute Gasteiger partial charge is 0.410 e. The van der Waals surface area contributed by atoms with Gasteiger partial charge in [0.05, 0.1) is 0 Å². The number of thiazole rings is 1. The molecule has 1 N–H and O–H groups in total. The van der Waals surface area contributed by atoms with Crippen molar-refractivity contribution >= 4 is 40.1 Å². The minimum Gasteiger partial charge on any atom is -0.467 e. The molecule has 1 saturated heterocycles. The van der Waals surface area contributed by atoms with E-state index in [-0.39, 0.29) is 36.7 Å². The molecule has 13 heteroatoms. The number of rotatable bonds is 9. The largest absolute Gasteiger partial charge is 0.467 e. The standard InChI is InChI=1S/C36H38FN5O6S/c1-36(2,3)48-35(45)41-16-14-40(15-17-41)27-10-7-23(8-11-27)24-5-6-25-21-42(33(44)28(25)19-24)31(32(43)39-34-38-13-18-49-34)29-20-26(37)9-12-30(29)47-22-46-4/h5-13,18-20,31H,14-17,21-22H2,1-4H3,(H,38,39,43). The van der Waals surface area contributed by atoms with E-state index in [1.54, 1.807) is 16.5 Å². The Kier molecular flexibility index (Phi) is 9.84. The van der Waals surface area contributed by atoms with Crippen molar-refractivity contribution in [2.45, 2.75) is 39.0 Å². The predicted molar refractivity (Wildman–Crippen MR) is 184 cm³/mol. The third-order valence-corrected chi connectivity index (χ3v) is 8.95. The van der Waals surface area contributed by atoms with Gasteiger partial charge in [-0.05, 0) is 73.9 Å². The molecule has 1 aromatic heterocycles. The third kappa shape index (κ3) is 7.68. The highest BCUT2D eigenvalue weighted by atomic mass is 32.1. The molecule has 3 heterocycles. The molecule has 1 atom stereocenters. The number of benzene rings is 3. The summed E-state index contributed by atoms with van der Waals surface area (Å²) in [5, 5.41) is 4.84. The summed E-state index contributed by atoms with van der Waals surface area (Å²) in [6.45, 7) is 8.09. The summed E-state index contributed by atoms with van der Waals surface area (Å²) >= 11 is 1.23. The number of hydrogen-bond donors (Lipinski definition) is 1. The number of carbonyl (C=O) groups is 3. The van der Waals surface area contributed by atoms with Gasteiger partial charge in [-0.2, -0.15) is 0 Å². The lowest BCUT2D eigenvalue weighted by Crippen LogP contribution is -2.50. The van der Waals surface area contributed by atoms with Gasteiger partial charge in [0.15, 0.2) is 11.9 Å². The summed E-state index contributed by atoms with van der Waals surface area (Å²) in [6, 6.07) is 16.4. The molecule has 4 aromatic rings. The quantitative estimate of drug-likeness (QED) is 0.203. The summed E-state index contributed by atoms with van der Waals surface area (Å²) in [5.41, 5.74) is 3.66. The maximum absolute atomic E-state index is 14.7. The monoisotopic (exact) mass is 687 g/mol. The number of ether oxygens (including phenoxy) is 3. The van der Waals surface area contributed by atoms with Crippen LogP contribution in [0, 0.1) is 5.82 Å². The first-order valence-corrected chi connectivity index (χ1v) is 16.8. The number of hydrogen-bond acceptors (Lipinski definition) is 9. The maximum atomic E-state index is 14.7. The number of nitrogens with zero attached hydrogens (tertiary/aromatic N) is 4. The molecule has 49 heavy (non-hydrogen) atoms. The van der Waals surface area contributed by atoms with E-state index in [0.29, 0.717) is 36.9 Å². The van der Waals surface area contributed by atoms with Crippen LogP contribution >= 0.6 is 11.3 Å². The van der Waals surface area contributed by atoms with Gasteiger partial charge in [0.1, 0.15) is 23.2 Å². The van der Waals surface area contributed by atoms with Crippen molar-refractivity contribution in [1.82, 2.24) is 14.8 Å². The average Bonchev–Trinajstić information content (AvgIpc) is 3.71. The van der Waals surface area contributed by atoms with E-state index >= 15 is 0 Å². The first-order chi connectivity index (χ1) is 23.5. The molecule has 256 valence electrons. The number of carbonyl (C=O) groups excluding carboxylic acids is 3.